The summed E-state index contributed by atoms with van der Waals surface area (Å²) >= 11 is 6.71. The third-order valence-corrected chi connectivity index (χ3v) is 11.0. The van der Waals surface area contributed by atoms with Gasteiger partial charge in [0.15, 0.2) is 18.1 Å². The van der Waals surface area contributed by atoms with Gasteiger partial charge in [-0.25, -0.2) is 14.4 Å². The van der Waals surface area contributed by atoms with Gasteiger partial charge in [-0.1, -0.05) is 42.3 Å². The second-order valence-corrected chi connectivity index (χ2v) is 14.8. The van der Waals surface area contributed by atoms with Gasteiger partial charge in [0.2, 0.25) is 5.91 Å². The van der Waals surface area contributed by atoms with Crippen molar-refractivity contribution in [3.63, 3.8) is 0 Å². The highest BCUT2D eigenvalue weighted by molar-refractivity contribution is 6.35. The Bertz CT molecular complexity index is 1730. The Hall–Kier alpha value is -4.21. The highest BCUT2D eigenvalue weighted by Crippen LogP contribution is 2.49. The maximum absolute atomic E-state index is 14.8. The molecule has 3 fully saturated rings. The lowest BCUT2D eigenvalue weighted by Crippen LogP contribution is -2.66. The predicted octanol–water partition coefficient (Wildman–Crippen LogP) is 1.10. The molecule has 0 unspecified atom stereocenters. The molecule has 0 aliphatic carbocycles. The number of aliphatic hydroxyl groups excluding tert-OH is 2. The molecule has 4 aliphatic heterocycles. The molecule has 0 spiro atoms. The Labute approximate surface area is 327 Å². The molecule has 0 aromatic heterocycles. The van der Waals surface area contributed by atoms with E-state index in [1.165, 1.54) is 33.4 Å². The van der Waals surface area contributed by atoms with Crippen molar-refractivity contribution >= 4 is 41.5 Å². The number of ether oxygens (including phenoxy) is 7. The molecule has 0 radical (unpaired) electrons. The molecule has 0 saturated carbocycles. The summed E-state index contributed by atoms with van der Waals surface area (Å²) in [5.41, 5.74) is 2.98. The van der Waals surface area contributed by atoms with Gasteiger partial charge in [-0.15, -0.1) is 0 Å². The molecule has 12 atom stereocenters. The smallest absolute Gasteiger partial charge is 0.409 e. The van der Waals surface area contributed by atoms with Crippen LogP contribution in [0.2, 0.25) is 5.02 Å². The van der Waals surface area contributed by atoms with E-state index < -0.39 is 115 Å². The average Bonchev–Trinajstić information content (AvgIpc) is 3.83. The van der Waals surface area contributed by atoms with Crippen molar-refractivity contribution < 1.29 is 72.8 Å². The quantitative estimate of drug-likeness (QED) is 0.157. The number of halogens is 1. The number of nitrogens with two attached hydrogens (primary N) is 1. The molecule has 1 aromatic carbocycles. The number of hydrogen-bond donors (Lipinski definition) is 7. The predicted molar refractivity (Wildman–Crippen MR) is 194 cm³/mol. The number of rotatable bonds is 6. The van der Waals surface area contributed by atoms with Gasteiger partial charge in [-0.3, -0.25) is 15.0 Å². The number of hydrogen-bond acceptors (Lipinski definition) is 15. The Balaban J connectivity index is 1.67. The summed E-state index contributed by atoms with van der Waals surface area (Å²) < 4.78 is 39.8. The van der Waals surface area contributed by atoms with E-state index in [4.69, 9.17) is 50.5 Å². The first-order valence-corrected chi connectivity index (χ1v) is 18.2. The number of nitrogens with zero attached hydrogens (tertiary/aromatic N) is 1. The lowest BCUT2D eigenvalue weighted by molar-refractivity contribution is -0.234. The van der Waals surface area contributed by atoms with E-state index in [1.807, 2.05) is 0 Å². The van der Waals surface area contributed by atoms with Crippen molar-refractivity contribution in [1.82, 2.24) is 10.6 Å². The monoisotopic (exact) mass is 812 g/mol. The van der Waals surface area contributed by atoms with Crippen LogP contribution in [-0.2, 0) is 44.4 Å². The fourth-order valence-corrected chi connectivity index (χ4v) is 7.85. The van der Waals surface area contributed by atoms with E-state index in [1.54, 1.807) is 39.0 Å². The molecule has 5 rings (SSSR count). The molecule has 4 aliphatic rings. The van der Waals surface area contributed by atoms with Gasteiger partial charge in [0.1, 0.15) is 53.0 Å². The van der Waals surface area contributed by atoms with Crippen LogP contribution in [0.25, 0.3) is 0 Å². The number of phenols is 1. The van der Waals surface area contributed by atoms with Crippen molar-refractivity contribution in [2.75, 3.05) is 32.8 Å². The number of anilines is 1. The van der Waals surface area contributed by atoms with Crippen LogP contribution in [0.5, 0.6) is 5.75 Å². The summed E-state index contributed by atoms with van der Waals surface area (Å²) in [6, 6.07) is 2.86. The Morgan fingerprint density at radius 3 is 2.52 bits per heavy atom. The number of aliphatic hydroxyl groups is 3. The van der Waals surface area contributed by atoms with Crippen molar-refractivity contribution in [2.24, 2.45) is 11.7 Å². The summed E-state index contributed by atoms with van der Waals surface area (Å²) in [7, 11) is 3.88. The summed E-state index contributed by atoms with van der Waals surface area (Å²) in [5, 5.41) is 49.4. The minimum absolute atomic E-state index is 0.136. The minimum Gasteiger partial charge on any atom is -0.506 e. The van der Waals surface area contributed by atoms with Gasteiger partial charge in [-0.2, -0.15) is 0 Å². The molecule has 56 heavy (non-hydrogen) atoms. The largest absolute Gasteiger partial charge is 0.506 e. The van der Waals surface area contributed by atoms with Crippen LogP contribution in [0, 0.1) is 5.92 Å². The highest BCUT2D eigenvalue weighted by atomic mass is 35.5. The van der Waals surface area contributed by atoms with E-state index in [0.29, 0.717) is 5.56 Å². The first-order chi connectivity index (χ1) is 26.4. The summed E-state index contributed by atoms with van der Waals surface area (Å²) in [4.78, 5) is 53.2. The molecule has 4 bridgehead atoms. The van der Waals surface area contributed by atoms with Gasteiger partial charge in [0.25, 0.3) is 0 Å². The van der Waals surface area contributed by atoms with Crippen LogP contribution < -0.4 is 21.3 Å². The van der Waals surface area contributed by atoms with E-state index in [2.05, 4.69) is 10.6 Å². The molecule has 4 heterocycles. The second kappa shape index (κ2) is 17.1. The van der Waals surface area contributed by atoms with Crippen LogP contribution in [0.1, 0.15) is 39.2 Å². The standard InChI is InChI=1S/C36H49ClN4O15/c1-16-8-7-9-23(50-5)36(49)14-21(53-34(48)40-36)17(2)30-35(3,56-30)24(54-33(47)39-4)13-25(44)41(19-11-18(10-16)12-20(43)26(19)37)31-27(45)29(51-6)28(55-32(38)46)22(15-42)52-31/h7-9,11-12,17,21-24,27-31,42-43,45,49H,10,13-15H2,1-6H3,(H2,38,46)(H,39,47)(H,40,48)/b9-7+,16-8+/t17-,21+,22-,23-,24+,27-,28-,29-,30+,31-,35+,36+/m1/s1. The molecular weight excluding hydrogens is 764 g/mol. The van der Waals surface area contributed by atoms with Crippen LogP contribution in [-0.4, -0.2) is 139 Å². The first kappa shape index (κ1) is 42.9. The van der Waals surface area contributed by atoms with Crippen LogP contribution >= 0.6 is 11.6 Å². The van der Waals surface area contributed by atoms with Crippen LogP contribution in [0.3, 0.4) is 0 Å². The number of methoxy groups -OCH3 is 2. The number of amides is 4. The van der Waals surface area contributed by atoms with Crippen LogP contribution in [0.15, 0.2) is 35.9 Å². The number of aromatic hydroxyl groups is 1. The number of nitrogens with one attached hydrogen (secondary N) is 2. The molecule has 20 heteroatoms. The van der Waals surface area contributed by atoms with Gasteiger partial charge in [-0.05, 0) is 38.0 Å². The third-order valence-electron chi connectivity index (χ3n) is 10.6. The second-order valence-electron chi connectivity index (χ2n) is 14.4. The normalized spacial score (nSPS) is 37.8. The van der Waals surface area contributed by atoms with Crippen molar-refractivity contribution in [3.05, 3.63) is 46.5 Å². The molecule has 310 valence electrons. The fourth-order valence-electron chi connectivity index (χ4n) is 7.65. The van der Waals surface area contributed by atoms with Gasteiger partial charge < -0.3 is 64.6 Å². The zero-order chi connectivity index (χ0) is 41.3. The molecule has 4 amide bonds. The Morgan fingerprint density at radius 2 is 1.89 bits per heavy atom. The zero-order valence-corrected chi connectivity index (χ0v) is 32.4. The number of alkyl carbamates (subject to hydrolysis) is 2. The van der Waals surface area contributed by atoms with Gasteiger partial charge in [0, 0.05) is 33.6 Å². The lowest BCUT2D eigenvalue weighted by Gasteiger charge is -2.46. The number of allylic oxidation sites excluding steroid dienone is 3. The van der Waals surface area contributed by atoms with E-state index in [9.17, 15) is 39.6 Å². The number of carbonyl (C=O) groups excluding carboxylic acids is 4. The molecule has 19 nitrogen and oxygen atoms in total. The molecular formula is C36H49ClN4O15. The minimum atomic E-state index is -1.91. The molecule has 8 N–H and O–H groups in total. The van der Waals surface area contributed by atoms with Crippen molar-refractivity contribution in [3.8, 4) is 5.75 Å². The average molecular weight is 813 g/mol. The van der Waals surface area contributed by atoms with E-state index in [-0.39, 0.29) is 23.6 Å². The van der Waals surface area contributed by atoms with Gasteiger partial charge in [0.05, 0.1) is 24.8 Å². The SMILES string of the molecule is CNC(=O)O[C@H]1CC(=O)N([C@@H]2O[C@H](CO)[C@@H](OC(N)=O)[C@H](OC)[C@H]2O)c2cc(cc(O)c2Cl)C/C(C)=C/C=C/[C@@H](OC)[C@@]2(O)C[C@H](OC(=O)N2)[C@@H](C)[C@@H]2O[C@@]12C. The topological polar surface area (TPSA) is 270 Å². The Kier molecular flexibility index (Phi) is 13.1. The Morgan fingerprint density at radius 1 is 1.18 bits per heavy atom. The summed E-state index contributed by atoms with van der Waals surface area (Å²) in [6.45, 7) is 4.29. The zero-order valence-electron chi connectivity index (χ0n) is 31.7. The molecule has 1 aromatic rings. The number of primary amides is 1. The maximum Gasteiger partial charge on any atom is 0.409 e. The van der Waals surface area contributed by atoms with E-state index >= 15 is 0 Å². The number of carbonyl (C=O) groups is 4. The van der Waals surface area contributed by atoms with Crippen molar-refractivity contribution in [2.45, 2.75) is 106 Å². The van der Waals surface area contributed by atoms with Crippen LogP contribution in [0.4, 0.5) is 20.1 Å². The third kappa shape index (κ3) is 8.69. The van der Waals surface area contributed by atoms with Gasteiger partial charge >= 0.3 is 18.3 Å². The number of phenolic OH excluding ortho intramolecular Hbond substituents is 1. The number of benzene rings is 1. The fraction of sp³-hybridized carbons (Fsp3) is 0.611. The van der Waals surface area contributed by atoms with Crippen molar-refractivity contribution in [1.29, 1.82) is 0 Å². The number of fused-ring (bicyclic) bond motifs is 5. The van der Waals surface area contributed by atoms with E-state index in [0.717, 1.165) is 10.5 Å². The lowest BCUT2D eigenvalue weighted by atomic mass is 9.83. The molecule has 3 saturated heterocycles. The highest BCUT2D eigenvalue weighted by Gasteiger charge is 2.65. The summed E-state index contributed by atoms with van der Waals surface area (Å²) in [5.74, 6) is -1.96. The summed E-state index contributed by atoms with van der Waals surface area (Å²) in [6.07, 6.45) is -10.7. The number of epoxide rings is 1. The first-order valence-electron chi connectivity index (χ1n) is 17.8. The maximum atomic E-state index is 14.8.